The van der Waals surface area contributed by atoms with Crippen LogP contribution in [0, 0.1) is 6.57 Å². The van der Waals surface area contributed by atoms with Crippen LogP contribution in [0.1, 0.15) is 39.3 Å². The lowest BCUT2D eigenvalue weighted by molar-refractivity contribution is 0.0537. The Morgan fingerprint density at radius 3 is 2.64 bits per heavy atom. The largest absolute Gasteiger partial charge is 0.443 e. The Balaban J connectivity index is 1.76. The van der Waals surface area contributed by atoms with Crippen molar-refractivity contribution in [3.05, 3.63) is 82.7 Å². The van der Waals surface area contributed by atoms with Gasteiger partial charge in [0, 0.05) is 12.4 Å². The minimum Gasteiger partial charge on any atom is -0.443 e. The van der Waals surface area contributed by atoms with Gasteiger partial charge in [0.05, 0.1) is 29.8 Å². The van der Waals surface area contributed by atoms with Gasteiger partial charge in [0.2, 0.25) is 5.95 Å². The maximum absolute atomic E-state index is 13.6. The molecule has 11 heteroatoms. The number of pyridine rings is 1. The zero-order chi connectivity index (χ0) is 25.6. The molecule has 0 aliphatic carbocycles. The number of nitrogens with zero attached hydrogens (tertiary/aromatic N) is 8. The monoisotopic (exact) mass is 482 g/mol. The molecule has 0 amide bonds. The van der Waals surface area contributed by atoms with E-state index in [0.29, 0.717) is 16.7 Å². The van der Waals surface area contributed by atoms with Crippen LogP contribution in [0.15, 0.2) is 60.0 Å². The first-order valence-electron chi connectivity index (χ1n) is 11.2. The van der Waals surface area contributed by atoms with E-state index in [2.05, 4.69) is 24.8 Å². The highest BCUT2D eigenvalue weighted by Gasteiger charge is 2.28. The molecule has 0 spiro atoms. The number of carbonyl (C=O) groups is 1. The fraction of sp³-hybridized carbons (Fsp3) is 0.240. The van der Waals surface area contributed by atoms with E-state index in [-0.39, 0.29) is 17.1 Å². The highest BCUT2D eigenvalue weighted by atomic mass is 16.6. The first-order valence-corrected chi connectivity index (χ1v) is 11.2. The fourth-order valence-electron chi connectivity index (χ4n) is 3.94. The van der Waals surface area contributed by atoms with Crippen LogP contribution in [0.4, 0.5) is 10.5 Å². The number of aromatic nitrogens is 7. The molecule has 11 nitrogen and oxygen atoms in total. The predicted molar refractivity (Wildman–Crippen MR) is 132 cm³/mol. The highest BCUT2D eigenvalue weighted by molar-refractivity contribution is 5.86. The SMILES string of the molecule is [C-]#[N+]c1ccc2ncn(-c3ncc4c(n3)n([C@H](C)c3cccnc3)c(=O)n4C(=O)OC(C)(C)C)c2c1. The van der Waals surface area contributed by atoms with Crippen LogP contribution in [0.2, 0.25) is 0 Å². The summed E-state index contributed by atoms with van der Waals surface area (Å²) in [5.74, 6) is 0.237. The standard InChI is InChI=1S/C25H22N8O3/c1-15(16-7-6-10-27-12-16)32-21-20(33(23(32)34)24(35)36-25(2,3)4)13-28-22(30-21)31-14-29-18-9-8-17(26-5)11-19(18)31/h6-15H,1-4H3/t15-/m1/s1. The van der Waals surface area contributed by atoms with Crippen molar-refractivity contribution in [3.63, 3.8) is 0 Å². The number of benzene rings is 1. The molecular weight excluding hydrogens is 460 g/mol. The number of ether oxygens (including phenoxy) is 1. The molecule has 0 radical (unpaired) electrons. The van der Waals surface area contributed by atoms with Gasteiger partial charge >= 0.3 is 11.8 Å². The third kappa shape index (κ3) is 3.88. The maximum atomic E-state index is 13.6. The molecule has 36 heavy (non-hydrogen) atoms. The van der Waals surface area contributed by atoms with Gasteiger partial charge in [-0.2, -0.15) is 9.55 Å². The zero-order valence-corrected chi connectivity index (χ0v) is 20.1. The van der Waals surface area contributed by atoms with E-state index in [0.717, 1.165) is 10.1 Å². The minimum atomic E-state index is -0.819. The summed E-state index contributed by atoms with van der Waals surface area (Å²) in [6.45, 7) is 14.3. The lowest BCUT2D eigenvalue weighted by atomic mass is 10.1. The molecule has 0 fully saturated rings. The molecule has 1 aromatic carbocycles. The van der Waals surface area contributed by atoms with E-state index in [4.69, 9.17) is 11.3 Å². The molecule has 0 aliphatic rings. The van der Waals surface area contributed by atoms with Crippen LogP contribution in [0.25, 0.3) is 33.0 Å². The van der Waals surface area contributed by atoms with Gasteiger partial charge in [-0.25, -0.2) is 24.4 Å². The van der Waals surface area contributed by atoms with E-state index in [9.17, 15) is 9.59 Å². The number of hydrogen-bond acceptors (Lipinski definition) is 7. The number of fused-ring (bicyclic) bond motifs is 2. The van der Waals surface area contributed by atoms with Crippen LogP contribution in [0.3, 0.4) is 0 Å². The van der Waals surface area contributed by atoms with Crippen LogP contribution in [-0.4, -0.2) is 45.3 Å². The fourth-order valence-corrected chi connectivity index (χ4v) is 3.94. The molecule has 5 rings (SSSR count). The number of hydrogen-bond donors (Lipinski definition) is 0. The van der Waals surface area contributed by atoms with Crippen molar-refractivity contribution < 1.29 is 9.53 Å². The Morgan fingerprint density at radius 1 is 1.14 bits per heavy atom. The van der Waals surface area contributed by atoms with Gasteiger partial charge < -0.3 is 4.74 Å². The lowest BCUT2D eigenvalue weighted by Crippen LogP contribution is -2.35. The van der Waals surface area contributed by atoms with Crippen LogP contribution >= 0.6 is 0 Å². The Hall–Kier alpha value is -4.85. The molecule has 0 saturated carbocycles. The lowest BCUT2D eigenvalue weighted by Gasteiger charge is -2.19. The summed E-state index contributed by atoms with van der Waals surface area (Å²) in [6.07, 6.45) is 5.45. The third-order valence-electron chi connectivity index (χ3n) is 5.61. The first kappa shape index (κ1) is 22.9. The van der Waals surface area contributed by atoms with Gasteiger partial charge in [0.15, 0.2) is 11.3 Å². The molecule has 180 valence electrons. The second-order valence-corrected chi connectivity index (χ2v) is 9.21. The van der Waals surface area contributed by atoms with Crippen molar-refractivity contribution in [1.82, 2.24) is 33.6 Å². The maximum Gasteiger partial charge on any atom is 0.423 e. The van der Waals surface area contributed by atoms with E-state index in [1.54, 1.807) is 68.3 Å². The van der Waals surface area contributed by atoms with Crippen LogP contribution in [0.5, 0.6) is 0 Å². The molecule has 0 saturated heterocycles. The molecule has 1 atom stereocenters. The van der Waals surface area contributed by atoms with Gasteiger partial charge in [-0.15, -0.1) is 0 Å². The van der Waals surface area contributed by atoms with E-state index in [1.807, 2.05) is 13.0 Å². The minimum absolute atomic E-state index is 0.208. The third-order valence-corrected chi connectivity index (χ3v) is 5.61. The summed E-state index contributed by atoms with van der Waals surface area (Å²) in [5.41, 5.74) is 1.56. The Bertz CT molecular complexity index is 1720. The van der Waals surface area contributed by atoms with Crippen molar-refractivity contribution in [3.8, 4) is 5.95 Å². The van der Waals surface area contributed by atoms with E-state index in [1.165, 1.54) is 10.8 Å². The molecule has 0 bridgehead atoms. The topological polar surface area (TPSA) is 114 Å². The Kier molecular flexibility index (Phi) is 5.36. The summed E-state index contributed by atoms with van der Waals surface area (Å²) in [5, 5.41) is 0. The average Bonchev–Trinajstić information content (AvgIpc) is 3.40. The van der Waals surface area contributed by atoms with Crippen molar-refractivity contribution in [2.45, 2.75) is 39.3 Å². The Labute approximate surface area is 205 Å². The average molecular weight is 483 g/mol. The zero-order valence-electron chi connectivity index (χ0n) is 20.1. The van der Waals surface area contributed by atoms with Gasteiger partial charge in [0.1, 0.15) is 17.4 Å². The van der Waals surface area contributed by atoms with Gasteiger partial charge in [-0.1, -0.05) is 12.1 Å². The van der Waals surface area contributed by atoms with Crippen molar-refractivity contribution in [1.29, 1.82) is 0 Å². The number of rotatable bonds is 3. The second-order valence-electron chi connectivity index (χ2n) is 9.21. The summed E-state index contributed by atoms with van der Waals surface area (Å²) in [7, 11) is 0. The van der Waals surface area contributed by atoms with Gasteiger partial charge in [-0.3, -0.25) is 14.1 Å². The first-order chi connectivity index (χ1) is 17.2. The van der Waals surface area contributed by atoms with Crippen molar-refractivity contribution in [2.75, 3.05) is 0 Å². The molecule has 0 aliphatic heterocycles. The van der Waals surface area contributed by atoms with Crippen molar-refractivity contribution >= 4 is 34.0 Å². The van der Waals surface area contributed by atoms with Crippen molar-refractivity contribution in [2.24, 2.45) is 0 Å². The molecule has 5 aromatic rings. The van der Waals surface area contributed by atoms with E-state index < -0.39 is 23.4 Å². The van der Waals surface area contributed by atoms with Crippen LogP contribution < -0.4 is 5.69 Å². The summed E-state index contributed by atoms with van der Waals surface area (Å²) >= 11 is 0. The Morgan fingerprint density at radius 2 is 1.94 bits per heavy atom. The molecule has 4 heterocycles. The number of imidazole rings is 2. The summed E-state index contributed by atoms with van der Waals surface area (Å²) in [4.78, 5) is 47.8. The molecule has 0 N–H and O–H groups in total. The van der Waals surface area contributed by atoms with E-state index >= 15 is 0 Å². The quantitative estimate of drug-likeness (QED) is 0.353. The normalized spacial score (nSPS) is 12.5. The smallest absolute Gasteiger partial charge is 0.423 e. The van der Waals surface area contributed by atoms with Gasteiger partial charge in [-0.05, 0) is 51.5 Å². The number of carbonyl (C=O) groups excluding carboxylic acids is 1. The second kappa shape index (κ2) is 8.42. The molecule has 0 unspecified atom stereocenters. The van der Waals surface area contributed by atoms with Crippen LogP contribution in [-0.2, 0) is 4.74 Å². The predicted octanol–water partition coefficient (Wildman–Crippen LogP) is 4.27. The summed E-state index contributed by atoms with van der Waals surface area (Å²) in [6, 6.07) is 8.25. The highest BCUT2D eigenvalue weighted by Crippen LogP contribution is 2.25. The molecular formula is C25H22N8O3. The molecule has 4 aromatic heterocycles. The van der Waals surface area contributed by atoms with Gasteiger partial charge in [0.25, 0.3) is 0 Å². The summed E-state index contributed by atoms with van der Waals surface area (Å²) < 4.78 is 9.50.